The van der Waals surface area contributed by atoms with Gasteiger partial charge in [0.2, 0.25) is 11.8 Å². The SMILES string of the molecule is O=C1CC(c2ccc(F)cc2)CCN1CC(=O)N(Cc1ccncc1)C1C=CS(=O)(=O)C1. The molecule has 1 fully saturated rings. The third-order valence-electron chi connectivity index (χ3n) is 5.92. The largest absolute Gasteiger partial charge is 0.333 e. The number of pyridine rings is 1. The molecular formula is C23H24FN3O4S. The predicted molar refractivity (Wildman–Crippen MR) is 116 cm³/mol. The summed E-state index contributed by atoms with van der Waals surface area (Å²) in [5, 5.41) is 1.14. The van der Waals surface area contributed by atoms with Gasteiger partial charge in [0.15, 0.2) is 9.84 Å². The van der Waals surface area contributed by atoms with Gasteiger partial charge >= 0.3 is 0 Å². The summed E-state index contributed by atoms with van der Waals surface area (Å²) >= 11 is 0. The van der Waals surface area contributed by atoms with Crippen LogP contribution in [-0.4, -0.2) is 59.9 Å². The molecule has 0 saturated carbocycles. The predicted octanol–water partition coefficient (Wildman–Crippen LogP) is 2.27. The molecule has 9 heteroatoms. The van der Waals surface area contributed by atoms with Crippen LogP contribution in [0.5, 0.6) is 0 Å². The topological polar surface area (TPSA) is 87.7 Å². The van der Waals surface area contributed by atoms with Crippen LogP contribution in [-0.2, 0) is 26.0 Å². The first-order valence-corrected chi connectivity index (χ1v) is 12.1. The second-order valence-corrected chi connectivity index (χ2v) is 10.1. The molecule has 1 aromatic carbocycles. The van der Waals surface area contributed by atoms with E-state index in [0.29, 0.717) is 13.0 Å². The van der Waals surface area contributed by atoms with Gasteiger partial charge in [0.1, 0.15) is 5.82 Å². The van der Waals surface area contributed by atoms with Gasteiger partial charge in [-0.15, -0.1) is 0 Å². The van der Waals surface area contributed by atoms with E-state index in [2.05, 4.69) is 4.98 Å². The van der Waals surface area contributed by atoms with E-state index in [1.807, 2.05) is 0 Å². The lowest BCUT2D eigenvalue weighted by molar-refractivity contribution is -0.143. The summed E-state index contributed by atoms with van der Waals surface area (Å²) in [6.07, 6.45) is 5.68. The molecule has 1 aromatic heterocycles. The van der Waals surface area contributed by atoms with Crippen molar-refractivity contribution in [2.75, 3.05) is 18.8 Å². The Balaban J connectivity index is 1.44. The Bertz CT molecular complexity index is 1120. The molecule has 4 rings (SSSR count). The lowest BCUT2D eigenvalue weighted by Crippen LogP contribution is -2.48. The molecule has 0 radical (unpaired) electrons. The molecule has 0 bridgehead atoms. The van der Waals surface area contributed by atoms with Gasteiger partial charge in [-0.3, -0.25) is 14.6 Å². The third-order valence-corrected chi connectivity index (χ3v) is 7.30. The van der Waals surface area contributed by atoms with E-state index in [4.69, 9.17) is 0 Å². The van der Waals surface area contributed by atoms with E-state index in [-0.39, 0.29) is 48.8 Å². The number of carbonyl (C=O) groups excluding carboxylic acids is 2. The van der Waals surface area contributed by atoms with Crippen molar-refractivity contribution in [1.82, 2.24) is 14.8 Å². The number of nitrogens with zero attached hydrogens (tertiary/aromatic N) is 3. The number of rotatable bonds is 6. The Morgan fingerprint density at radius 1 is 1.16 bits per heavy atom. The average Bonchev–Trinajstić information content (AvgIpc) is 3.14. The first-order chi connectivity index (χ1) is 15.3. The second-order valence-electron chi connectivity index (χ2n) is 8.16. The molecule has 2 amide bonds. The fraction of sp³-hybridized carbons (Fsp3) is 0.348. The van der Waals surface area contributed by atoms with Gasteiger partial charge in [-0.25, -0.2) is 12.8 Å². The molecule has 7 nitrogen and oxygen atoms in total. The number of likely N-dealkylation sites (tertiary alicyclic amines) is 1. The summed E-state index contributed by atoms with van der Waals surface area (Å²) in [7, 11) is -3.35. The van der Waals surface area contributed by atoms with E-state index in [9.17, 15) is 22.4 Å². The minimum atomic E-state index is -3.35. The van der Waals surface area contributed by atoms with Gasteiger partial charge in [0.05, 0.1) is 18.3 Å². The van der Waals surface area contributed by atoms with E-state index in [1.54, 1.807) is 36.7 Å². The Kier molecular flexibility index (Phi) is 6.36. The highest BCUT2D eigenvalue weighted by Gasteiger charge is 2.33. The van der Waals surface area contributed by atoms with Crippen molar-refractivity contribution in [3.05, 3.63) is 77.2 Å². The van der Waals surface area contributed by atoms with E-state index in [1.165, 1.54) is 28.0 Å². The van der Waals surface area contributed by atoms with E-state index >= 15 is 0 Å². The van der Waals surface area contributed by atoms with Crippen LogP contribution in [0.25, 0.3) is 0 Å². The fourth-order valence-corrected chi connectivity index (χ4v) is 5.45. The molecule has 2 atom stereocenters. The number of hydrogen-bond acceptors (Lipinski definition) is 5. The third kappa shape index (κ3) is 5.21. The second kappa shape index (κ2) is 9.20. The lowest BCUT2D eigenvalue weighted by Gasteiger charge is -2.34. The Labute approximate surface area is 186 Å². The molecule has 0 aliphatic carbocycles. The maximum Gasteiger partial charge on any atom is 0.243 e. The van der Waals surface area contributed by atoms with Crippen LogP contribution < -0.4 is 0 Å². The zero-order chi connectivity index (χ0) is 22.7. The quantitative estimate of drug-likeness (QED) is 0.664. The normalized spacial score (nSPS) is 22.2. The van der Waals surface area contributed by atoms with Crippen LogP contribution in [0.15, 0.2) is 60.3 Å². The van der Waals surface area contributed by atoms with Crippen LogP contribution in [0.3, 0.4) is 0 Å². The number of sulfone groups is 1. The van der Waals surface area contributed by atoms with Crippen LogP contribution in [0.1, 0.15) is 29.9 Å². The minimum absolute atomic E-state index is 0.00900. The molecule has 0 spiro atoms. The first kappa shape index (κ1) is 22.1. The standard InChI is InChI=1S/C23H24FN3O4S/c24-20-3-1-18(2-4-20)19-7-11-26(22(28)13-19)15-23(29)27(14-17-5-9-25-10-6-17)21-8-12-32(30,31)16-21/h1-6,8-10,12,19,21H,7,11,13-16H2. The molecule has 2 aromatic rings. The summed E-state index contributed by atoms with van der Waals surface area (Å²) in [6, 6.07) is 9.12. The Morgan fingerprint density at radius 2 is 1.88 bits per heavy atom. The fourth-order valence-electron chi connectivity index (χ4n) is 4.15. The smallest absolute Gasteiger partial charge is 0.243 e. The number of piperidine rings is 1. The summed E-state index contributed by atoms with van der Waals surface area (Å²) < 4.78 is 37.0. The maximum absolute atomic E-state index is 13.2. The van der Waals surface area contributed by atoms with Gasteiger partial charge in [-0.2, -0.15) is 0 Å². The number of aromatic nitrogens is 1. The molecule has 2 aliphatic rings. The number of hydrogen-bond donors (Lipinski definition) is 0. The summed E-state index contributed by atoms with van der Waals surface area (Å²) in [5.74, 6) is -0.935. The zero-order valence-electron chi connectivity index (χ0n) is 17.4. The van der Waals surface area contributed by atoms with Crippen molar-refractivity contribution in [2.24, 2.45) is 0 Å². The molecule has 1 saturated heterocycles. The first-order valence-electron chi connectivity index (χ1n) is 10.4. The maximum atomic E-state index is 13.2. The molecule has 2 aliphatic heterocycles. The van der Waals surface area contributed by atoms with Gasteiger partial charge in [0.25, 0.3) is 0 Å². The molecule has 0 N–H and O–H groups in total. The van der Waals surface area contributed by atoms with Gasteiger partial charge in [0, 0.05) is 37.3 Å². The highest BCUT2D eigenvalue weighted by molar-refractivity contribution is 7.94. The Morgan fingerprint density at radius 3 is 2.50 bits per heavy atom. The molecule has 168 valence electrons. The Hall–Kier alpha value is -3.07. The lowest BCUT2D eigenvalue weighted by atomic mass is 9.89. The van der Waals surface area contributed by atoms with Crippen molar-refractivity contribution < 1.29 is 22.4 Å². The van der Waals surface area contributed by atoms with Crippen molar-refractivity contribution in [3.63, 3.8) is 0 Å². The van der Waals surface area contributed by atoms with Crippen LogP contribution in [0.4, 0.5) is 4.39 Å². The molecule has 2 unspecified atom stereocenters. The average molecular weight is 458 g/mol. The number of benzene rings is 1. The summed E-state index contributed by atoms with van der Waals surface area (Å²) in [6.45, 7) is 0.533. The number of amides is 2. The van der Waals surface area contributed by atoms with Crippen molar-refractivity contribution >= 4 is 21.7 Å². The van der Waals surface area contributed by atoms with Gasteiger partial charge < -0.3 is 9.80 Å². The molecular weight excluding hydrogens is 433 g/mol. The molecule has 3 heterocycles. The van der Waals surface area contributed by atoms with Crippen LogP contribution >= 0.6 is 0 Å². The minimum Gasteiger partial charge on any atom is -0.333 e. The van der Waals surface area contributed by atoms with Gasteiger partial charge in [-0.05, 0) is 53.8 Å². The van der Waals surface area contributed by atoms with Gasteiger partial charge in [-0.1, -0.05) is 12.1 Å². The number of carbonyl (C=O) groups is 2. The van der Waals surface area contributed by atoms with Crippen molar-refractivity contribution in [2.45, 2.75) is 31.3 Å². The van der Waals surface area contributed by atoms with Crippen molar-refractivity contribution in [3.8, 4) is 0 Å². The van der Waals surface area contributed by atoms with E-state index < -0.39 is 15.9 Å². The van der Waals surface area contributed by atoms with Crippen LogP contribution in [0, 0.1) is 5.82 Å². The monoisotopic (exact) mass is 457 g/mol. The molecule has 32 heavy (non-hydrogen) atoms. The highest BCUT2D eigenvalue weighted by Crippen LogP contribution is 2.29. The van der Waals surface area contributed by atoms with E-state index in [0.717, 1.165) is 16.5 Å². The summed E-state index contributed by atoms with van der Waals surface area (Å²) in [4.78, 5) is 32.9. The summed E-state index contributed by atoms with van der Waals surface area (Å²) in [5.41, 5.74) is 1.73. The van der Waals surface area contributed by atoms with Crippen LogP contribution in [0.2, 0.25) is 0 Å². The zero-order valence-corrected chi connectivity index (χ0v) is 18.2. The van der Waals surface area contributed by atoms with Crippen molar-refractivity contribution in [1.29, 1.82) is 0 Å². The number of halogens is 1. The highest BCUT2D eigenvalue weighted by atomic mass is 32.2.